The summed E-state index contributed by atoms with van der Waals surface area (Å²) in [4.78, 5) is 11.0. The number of nitrogen functional groups attached to an aromatic ring is 1. The molecule has 0 spiro atoms. The van der Waals surface area contributed by atoms with E-state index in [9.17, 15) is 13.2 Å². The summed E-state index contributed by atoms with van der Waals surface area (Å²) in [5, 5.41) is 0. The predicted octanol–water partition coefficient (Wildman–Crippen LogP) is 2.06. The summed E-state index contributed by atoms with van der Waals surface area (Å²) < 4.78 is 37.6. The molecule has 4 nitrogen and oxygen atoms in total. The van der Waals surface area contributed by atoms with E-state index in [1.807, 2.05) is 0 Å². The van der Waals surface area contributed by atoms with E-state index in [-0.39, 0.29) is 12.1 Å². The predicted molar refractivity (Wildman–Crippen MR) is 58.5 cm³/mol. The fourth-order valence-corrected chi connectivity index (χ4v) is 1.44. The Morgan fingerprint density at radius 2 is 1.89 bits per heavy atom. The van der Waals surface area contributed by atoms with Gasteiger partial charge in [0.25, 0.3) is 0 Å². The molecule has 7 heteroatoms. The van der Waals surface area contributed by atoms with Gasteiger partial charge in [-0.15, -0.1) is 0 Å². The lowest BCUT2D eigenvalue weighted by Crippen LogP contribution is -2.12. The van der Waals surface area contributed by atoms with Crippen molar-refractivity contribution < 1.29 is 13.2 Å². The third kappa shape index (κ3) is 2.93. The van der Waals surface area contributed by atoms with Gasteiger partial charge in [-0.25, -0.2) is 9.97 Å². The number of hydrogen-bond donors (Lipinski definition) is 1. The monoisotopic (exact) mass is 254 g/mol. The minimum atomic E-state index is -4.53. The lowest BCUT2D eigenvalue weighted by molar-refractivity contribution is -0.141. The number of halogens is 3. The second-order valence-electron chi connectivity index (χ2n) is 3.60. The van der Waals surface area contributed by atoms with Crippen LogP contribution >= 0.6 is 0 Å². The fraction of sp³-hybridized carbons (Fsp3) is 0.182. The summed E-state index contributed by atoms with van der Waals surface area (Å²) in [7, 11) is 0. The number of nitrogens with zero attached hydrogens (tertiary/aromatic N) is 3. The molecule has 0 amide bonds. The molecule has 0 saturated heterocycles. The van der Waals surface area contributed by atoms with Crippen LogP contribution in [0, 0.1) is 0 Å². The number of pyridine rings is 1. The highest BCUT2D eigenvalue weighted by Gasteiger charge is 2.33. The molecule has 0 saturated carbocycles. The SMILES string of the molecule is Nc1nc(Cc2ccccn2)cc(C(F)(F)F)n1. The van der Waals surface area contributed by atoms with E-state index < -0.39 is 17.8 Å². The van der Waals surface area contributed by atoms with Crippen molar-refractivity contribution in [2.45, 2.75) is 12.6 Å². The Balaban J connectivity index is 2.32. The highest BCUT2D eigenvalue weighted by atomic mass is 19.4. The first-order valence-corrected chi connectivity index (χ1v) is 5.05. The molecule has 0 atom stereocenters. The summed E-state index contributed by atoms with van der Waals surface area (Å²) in [6.07, 6.45) is -2.79. The topological polar surface area (TPSA) is 64.7 Å². The molecule has 2 heterocycles. The molecule has 2 rings (SSSR count). The van der Waals surface area contributed by atoms with E-state index in [4.69, 9.17) is 5.73 Å². The molecule has 2 aromatic heterocycles. The van der Waals surface area contributed by atoms with Crippen molar-refractivity contribution in [3.05, 3.63) is 47.5 Å². The van der Waals surface area contributed by atoms with Crippen molar-refractivity contribution in [1.29, 1.82) is 0 Å². The van der Waals surface area contributed by atoms with E-state index >= 15 is 0 Å². The number of nitrogens with two attached hydrogens (primary N) is 1. The van der Waals surface area contributed by atoms with Gasteiger partial charge < -0.3 is 5.73 Å². The van der Waals surface area contributed by atoms with Crippen LogP contribution in [0.3, 0.4) is 0 Å². The van der Waals surface area contributed by atoms with Gasteiger partial charge >= 0.3 is 6.18 Å². The molecule has 18 heavy (non-hydrogen) atoms. The zero-order valence-corrected chi connectivity index (χ0v) is 9.15. The van der Waals surface area contributed by atoms with Gasteiger partial charge in [-0.1, -0.05) is 6.07 Å². The number of rotatable bonds is 2. The van der Waals surface area contributed by atoms with Crippen LogP contribution < -0.4 is 5.73 Å². The summed E-state index contributed by atoms with van der Waals surface area (Å²) in [5.41, 5.74) is 5.03. The highest BCUT2D eigenvalue weighted by Crippen LogP contribution is 2.28. The number of alkyl halides is 3. The average Bonchev–Trinajstić information content (AvgIpc) is 2.28. The van der Waals surface area contributed by atoms with Crippen molar-refractivity contribution >= 4 is 5.95 Å². The largest absolute Gasteiger partial charge is 0.433 e. The fourth-order valence-electron chi connectivity index (χ4n) is 1.44. The first-order chi connectivity index (χ1) is 8.45. The molecule has 2 aromatic rings. The van der Waals surface area contributed by atoms with Crippen LogP contribution in [-0.4, -0.2) is 15.0 Å². The molecular formula is C11H9F3N4. The summed E-state index contributed by atoms with van der Waals surface area (Å²) in [5.74, 6) is -0.393. The van der Waals surface area contributed by atoms with Crippen LogP contribution in [0.25, 0.3) is 0 Å². The summed E-state index contributed by atoms with van der Waals surface area (Å²) in [6.45, 7) is 0. The summed E-state index contributed by atoms with van der Waals surface area (Å²) >= 11 is 0. The minimum absolute atomic E-state index is 0.177. The van der Waals surface area contributed by atoms with Crippen LogP contribution in [0.2, 0.25) is 0 Å². The number of anilines is 1. The molecule has 0 aromatic carbocycles. The molecule has 2 N–H and O–H groups in total. The molecule has 0 fully saturated rings. The van der Waals surface area contributed by atoms with Crippen molar-refractivity contribution in [2.75, 3.05) is 5.73 Å². The van der Waals surface area contributed by atoms with Crippen LogP contribution in [-0.2, 0) is 12.6 Å². The quantitative estimate of drug-likeness (QED) is 0.890. The molecule has 0 radical (unpaired) electrons. The van der Waals surface area contributed by atoms with Gasteiger partial charge in [0.05, 0.1) is 5.69 Å². The second-order valence-corrected chi connectivity index (χ2v) is 3.60. The van der Waals surface area contributed by atoms with Crippen molar-refractivity contribution in [3.63, 3.8) is 0 Å². The van der Waals surface area contributed by atoms with Gasteiger partial charge in [0.2, 0.25) is 5.95 Å². The third-order valence-corrected chi connectivity index (χ3v) is 2.18. The van der Waals surface area contributed by atoms with Gasteiger partial charge in [0.1, 0.15) is 5.69 Å². The molecule has 0 unspecified atom stereocenters. The normalized spacial score (nSPS) is 11.5. The Labute approximate surface area is 101 Å². The third-order valence-electron chi connectivity index (χ3n) is 2.18. The Morgan fingerprint density at radius 1 is 1.11 bits per heavy atom. The molecular weight excluding hydrogens is 245 g/mol. The van der Waals surface area contributed by atoms with E-state index in [1.165, 1.54) is 0 Å². The Morgan fingerprint density at radius 3 is 2.50 bits per heavy atom. The van der Waals surface area contributed by atoms with Gasteiger partial charge in [-0.05, 0) is 18.2 Å². The first kappa shape index (κ1) is 12.3. The minimum Gasteiger partial charge on any atom is -0.368 e. The van der Waals surface area contributed by atoms with E-state index in [0.717, 1.165) is 6.07 Å². The lowest BCUT2D eigenvalue weighted by atomic mass is 10.2. The first-order valence-electron chi connectivity index (χ1n) is 5.05. The molecule has 0 bridgehead atoms. The Kier molecular flexibility index (Phi) is 3.14. The van der Waals surface area contributed by atoms with Crippen LogP contribution in [0.4, 0.5) is 19.1 Å². The molecule has 94 valence electrons. The summed E-state index contributed by atoms with van der Waals surface area (Å²) in [6, 6.07) is 6.05. The van der Waals surface area contributed by atoms with Gasteiger partial charge in [-0.3, -0.25) is 4.98 Å². The lowest BCUT2D eigenvalue weighted by Gasteiger charge is -2.08. The Hall–Kier alpha value is -2.18. The van der Waals surface area contributed by atoms with Gasteiger partial charge in [-0.2, -0.15) is 13.2 Å². The highest BCUT2D eigenvalue weighted by molar-refractivity contribution is 5.26. The standard InChI is InChI=1S/C11H9F3N4/c12-11(13,14)9-6-8(17-10(15)18-9)5-7-3-1-2-4-16-7/h1-4,6H,5H2,(H2,15,17,18). The molecule has 0 aliphatic carbocycles. The molecule has 0 aliphatic heterocycles. The maximum atomic E-state index is 12.5. The van der Waals surface area contributed by atoms with Crippen molar-refractivity contribution in [1.82, 2.24) is 15.0 Å². The maximum Gasteiger partial charge on any atom is 0.433 e. The number of hydrogen-bond acceptors (Lipinski definition) is 4. The second kappa shape index (κ2) is 4.59. The zero-order valence-electron chi connectivity index (χ0n) is 9.15. The van der Waals surface area contributed by atoms with Crippen LogP contribution in [0.5, 0.6) is 0 Å². The zero-order chi connectivity index (χ0) is 13.2. The van der Waals surface area contributed by atoms with Gasteiger partial charge in [0, 0.05) is 18.3 Å². The van der Waals surface area contributed by atoms with Crippen LogP contribution in [0.1, 0.15) is 17.1 Å². The van der Waals surface area contributed by atoms with Crippen molar-refractivity contribution in [3.8, 4) is 0 Å². The van der Waals surface area contributed by atoms with E-state index in [1.54, 1.807) is 24.4 Å². The van der Waals surface area contributed by atoms with Crippen molar-refractivity contribution in [2.24, 2.45) is 0 Å². The van der Waals surface area contributed by atoms with E-state index in [2.05, 4.69) is 15.0 Å². The van der Waals surface area contributed by atoms with Gasteiger partial charge in [0.15, 0.2) is 0 Å². The van der Waals surface area contributed by atoms with Crippen LogP contribution in [0.15, 0.2) is 30.5 Å². The number of aromatic nitrogens is 3. The maximum absolute atomic E-state index is 12.5. The Bertz CT molecular complexity index is 540. The average molecular weight is 254 g/mol. The smallest absolute Gasteiger partial charge is 0.368 e. The van der Waals surface area contributed by atoms with E-state index in [0.29, 0.717) is 5.69 Å². The molecule has 0 aliphatic rings.